The van der Waals surface area contributed by atoms with E-state index in [4.69, 9.17) is 0 Å². The second-order valence-corrected chi connectivity index (χ2v) is 5.49. The molecule has 4 nitrogen and oxygen atoms in total. The Morgan fingerprint density at radius 3 is 2.32 bits per heavy atom. The molecule has 2 aromatic rings. The molecule has 0 spiro atoms. The minimum atomic E-state index is -0.424. The summed E-state index contributed by atoms with van der Waals surface area (Å²) in [5, 5.41) is 15.2. The van der Waals surface area contributed by atoms with E-state index in [1.807, 2.05) is 54.6 Å². The van der Waals surface area contributed by atoms with Crippen LogP contribution in [0, 0.1) is 0 Å². The third-order valence-electron chi connectivity index (χ3n) is 3.52. The van der Waals surface area contributed by atoms with Crippen molar-refractivity contribution in [2.24, 2.45) is 0 Å². The average molecular weight is 298 g/mol. The Hall–Kier alpha value is -2.33. The summed E-state index contributed by atoms with van der Waals surface area (Å²) in [6.45, 7) is 4.01. The van der Waals surface area contributed by atoms with E-state index >= 15 is 0 Å². The van der Waals surface area contributed by atoms with Crippen molar-refractivity contribution in [3.05, 3.63) is 65.7 Å². The maximum atomic E-state index is 12.2. The van der Waals surface area contributed by atoms with Crippen molar-refractivity contribution in [3.63, 3.8) is 0 Å². The molecule has 0 aliphatic carbocycles. The van der Waals surface area contributed by atoms with Gasteiger partial charge in [0.25, 0.3) is 0 Å². The summed E-state index contributed by atoms with van der Waals surface area (Å²) < 4.78 is 0. The van der Waals surface area contributed by atoms with Crippen molar-refractivity contribution < 1.29 is 9.90 Å². The van der Waals surface area contributed by atoms with Crippen LogP contribution < -0.4 is 10.6 Å². The topological polar surface area (TPSA) is 61.4 Å². The van der Waals surface area contributed by atoms with Gasteiger partial charge in [-0.25, -0.2) is 4.79 Å². The first-order valence-corrected chi connectivity index (χ1v) is 7.44. The highest BCUT2D eigenvalue weighted by Gasteiger charge is 2.14. The molecule has 0 radical (unpaired) electrons. The number of nitrogens with one attached hydrogen (secondary N) is 2. The SMILES string of the molecule is CC(C)c1ccccc1NC(=O)N[C@H](CO)c1ccccc1. The van der Waals surface area contributed by atoms with Gasteiger partial charge in [0.15, 0.2) is 0 Å². The largest absolute Gasteiger partial charge is 0.394 e. The van der Waals surface area contributed by atoms with E-state index in [0.717, 1.165) is 16.8 Å². The van der Waals surface area contributed by atoms with Gasteiger partial charge in [-0.3, -0.25) is 0 Å². The lowest BCUT2D eigenvalue weighted by molar-refractivity contribution is 0.225. The van der Waals surface area contributed by atoms with E-state index in [-0.39, 0.29) is 12.6 Å². The molecule has 0 aliphatic rings. The lowest BCUT2D eigenvalue weighted by Gasteiger charge is -2.19. The van der Waals surface area contributed by atoms with Gasteiger partial charge in [0.1, 0.15) is 0 Å². The van der Waals surface area contributed by atoms with Gasteiger partial charge in [-0.1, -0.05) is 62.4 Å². The monoisotopic (exact) mass is 298 g/mol. The molecule has 0 aromatic heterocycles. The van der Waals surface area contributed by atoms with Crippen LogP contribution in [0.25, 0.3) is 0 Å². The Kier molecular flexibility index (Phi) is 5.55. The van der Waals surface area contributed by atoms with E-state index in [1.54, 1.807) is 0 Å². The van der Waals surface area contributed by atoms with Crippen LogP contribution in [0.2, 0.25) is 0 Å². The number of aliphatic hydroxyl groups excluding tert-OH is 1. The molecule has 0 heterocycles. The van der Waals surface area contributed by atoms with Gasteiger partial charge in [0, 0.05) is 5.69 Å². The number of carbonyl (C=O) groups excluding carboxylic acids is 1. The third kappa shape index (κ3) is 4.09. The second-order valence-electron chi connectivity index (χ2n) is 5.49. The normalized spacial score (nSPS) is 12.0. The quantitative estimate of drug-likeness (QED) is 0.789. The van der Waals surface area contributed by atoms with Crippen LogP contribution in [-0.4, -0.2) is 17.7 Å². The maximum absolute atomic E-state index is 12.2. The molecule has 2 amide bonds. The number of carbonyl (C=O) groups is 1. The van der Waals surface area contributed by atoms with E-state index < -0.39 is 6.04 Å². The van der Waals surface area contributed by atoms with Crippen molar-refractivity contribution in [3.8, 4) is 0 Å². The fraction of sp³-hybridized carbons (Fsp3) is 0.278. The van der Waals surface area contributed by atoms with Crippen LogP contribution in [0.5, 0.6) is 0 Å². The van der Waals surface area contributed by atoms with Crippen LogP contribution in [0.1, 0.15) is 36.9 Å². The molecular formula is C18H22N2O2. The van der Waals surface area contributed by atoms with Crippen molar-refractivity contribution in [2.45, 2.75) is 25.8 Å². The molecule has 3 N–H and O–H groups in total. The lowest BCUT2D eigenvalue weighted by Crippen LogP contribution is -2.34. The standard InChI is InChI=1S/C18H22N2O2/c1-13(2)15-10-6-7-11-16(15)19-18(22)20-17(12-21)14-8-4-3-5-9-14/h3-11,13,17,21H,12H2,1-2H3,(H2,19,20,22)/t17-/m1/s1. The molecule has 116 valence electrons. The summed E-state index contributed by atoms with van der Waals surface area (Å²) >= 11 is 0. The predicted molar refractivity (Wildman–Crippen MR) is 89.0 cm³/mol. The second kappa shape index (κ2) is 7.61. The Balaban J connectivity index is 2.07. The summed E-state index contributed by atoms with van der Waals surface area (Å²) in [4.78, 5) is 12.2. The molecule has 0 saturated heterocycles. The van der Waals surface area contributed by atoms with Crippen LogP contribution in [0.3, 0.4) is 0 Å². The Morgan fingerprint density at radius 1 is 1.05 bits per heavy atom. The Labute approximate surface area is 131 Å². The molecule has 0 unspecified atom stereocenters. The number of aliphatic hydroxyl groups is 1. The van der Waals surface area contributed by atoms with E-state index in [1.165, 1.54) is 0 Å². The molecule has 0 fully saturated rings. The molecule has 0 saturated carbocycles. The smallest absolute Gasteiger partial charge is 0.319 e. The molecular weight excluding hydrogens is 276 g/mol. The van der Waals surface area contributed by atoms with Crippen LogP contribution in [-0.2, 0) is 0 Å². The molecule has 0 bridgehead atoms. The first-order valence-electron chi connectivity index (χ1n) is 7.44. The highest BCUT2D eigenvalue weighted by atomic mass is 16.3. The zero-order valence-corrected chi connectivity index (χ0v) is 12.9. The number of hydrogen-bond donors (Lipinski definition) is 3. The van der Waals surface area contributed by atoms with Gasteiger partial charge in [0.2, 0.25) is 0 Å². The molecule has 4 heteroatoms. The van der Waals surface area contributed by atoms with Gasteiger partial charge >= 0.3 is 6.03 Å². The number of anilines is 1. The van der Waals surface area contributed by atoms with Crippen molar-refractivity contribution >= 4 is 11.7 Å². The van der Waals surface area contributed by atoms with Gasteiger partial charge in [0.05, 0.1) is 12.6 Å². The van der Waals surface area contributed by atoms with Crippen molar-refractivity contribution in [1.82, 2.24) is 5.32 Å². The van der Waals surface area contributed by atoms with Gasteiger partial charge in [-0.2, -0.15) is 0 Å². The third-order valence-corrected chi connectivity index (χ3v) is 3.52. The van der Waals surface area contributed by atoms with Crippen LogP contribution in [0.15, 0.2) is 54.6 Å². The average Bonchev–Trinajstić information content (AvgIpc) is 2.53. The van der Waals surface area contributed by atoms with Gasteiger partial charge in [-0.05, 0) is 23.1 Å². The zero-order chi connectivity index (χ0) is 15.9. The first kappa shape index (κ1) is 16.0. The zero-order valence-electron chi connectivity index (χ0n) is 12.9. The molecule has 1 atom stereocenters. The van der Waals surface area contributed by atoms with E-state index in [2.05, 4.69) is 24.5 Å². The van der Waals surface area contributed by atoms with Crippen LogP contribution >= 0.6 is 0 Å². The summed E-state index contributed by atoms with van der Waals surface area (Å²) in [6, 6.07) is 16.4. The number of amides is 2. The van der Waals surface area contributed by atoms with Crippen molar-refractivity contribution in [1.29, 1.82) is 0 Å². The number of hydrogen-bond acceptors (Lipinski definition) is 2. The van der Waals surface area contributed by atoms with Gasteiger partial charge < -0.3 is 15.7 Å². The van der Waals surface area contributed by atoms with E-state index in [9.17, 15) is 9.90 Å². The highest BCUT2D eigenvalue weighted by molar-refractivity contribution is 5.90. The maximum Gasteiger partial charge on any atom is 0.319 e. The van der Waals surface area contributed by atoms with Crippen molar-refractivity contribution in [2.75, 3.05) is 11.9 Å². The molecule has 0 aliphatic heterocycles. The number of benzene rings is 2. The predicted octanol–water partition coefficient (Wildman–Crippen LogP) is 3.67. The molecule has 2 aromatic carbocycles. The summed E-state index contributed by atoms with van der Waals surface area (Å²) in [5.41, 5.74) is 2.75. The molecule has 2 rings (SSSR count). The summed E-state index contributed by atoms with van der Waals surface area (Å²) in [7, 11) is 0. The highest BCUT2D eigenvalue weighted by Crippen LogP contribution is 2.23. The Bertz CT molecular complexity index is 611. The first-order chi connectivity index (χ1) is 10.6. The minimum absolute atomic E-state index is 0.150. The lowest BCUT2D eigenvalue weighted by atomic mass is 10.0. The molecule has 22 heavy (non-hydrogen) atoms. The summed E-state index contributed by atoms with van der Waals surface area (Å²) in [6.07, 6.45) is 0. The number of para-hydroxylation sites is 1. The van der Waals surface area contributed by atoms with Gasteiger partial charge in [-0.15, -0.1) is 0 Å². The number of urea groups is 1. The fourth-order valence-corrected chi connectivity index (χ4v) is 2.35. The van der Waals surface area contributed by atoms with Crippen LogP contribution in [0.4, 0.5) is 10.5 Å². The minimum Gasteiger partial charge on any atom is -0.394 e. The number of rotatable bonds is 5. The fourth-order valence-electron chi connectivity index (χ4n) is 2.35. The summed E-state index contributed by atoms with van der Waals surface area (Å²) in [5.74, 6) is 0.319. The Morgan fingerprint density at radius 2 is 1.68 bits per heavy atom. The van der Waals surface area contributed by atoms with E-state index in [0.29, 0.717) is 5.92 Å².